The minimum atomic E-state index is -4.45. The maximum absolute atomic E-state index is 12.6. The van der Waals surface area contributed by atoms with Gasteiger partial charge < -0.3 is 10.5 Å². The molecule has 2 nitrogen and oxygen atoms in total. The highest BCUT2D eigenvalue weighted by Gasteiger charge is 2.34. The predicted octanol–water partition coefficient (Wildman–Crippen LogP) is 3.28. The fraction of sp³-hybridized carbons (Fsp3) is 0.364. The van der Waals surface area contributed by atoms with Gasteiger partial charge in [0.15, 0.2) is 0 Å². The number of nitrogen functional groups attached to an aromatic ring is 1. The van der Waals surface area contributed by atoms with Crippen molar-refractivity contribution in [2.75, 3.05) is 12.3 Å². The number of hydrogen-bond donors (Lipinski definition) is 1. The van der Waals surface area contributed by atoms with Crippen LogP contribution < -0.4 is 10.5 Å². The molecule has 1 rings (SSSR count). The molecule has 0 atom stereocenters. The summed E-state index contributed by atoms with van der Waals surface area (Å²) in [4.78, 5) is 0. The SMILES string of the molecule is C[C](C)COc1ccc(N)cc1C(F)(F)F. The second-order valence-corrected chi connectivity index (χ2v) is 3.75. The highest BCUT2D eigenvalue weighted by atomic mass is 19.4. The number of alkyl halides is 3. The maximum atomic E-state index is 12.6. The average Bonchev–Trinajstić information content (AvgIpc) is 2.14. The highest BCUT2D eigenvalue weighted by molar-refractivity contribution is 5.49. The van der Waals surface area contributed by atoms with E-state index in [2.05, 4.69) is 0 Å². The molecule has 0 saturated heterocycles. The van der Waals surface area contributed by atoms with Crippen molar-refractivity contribution >= 4 is 5.69 Å². The van der Waals surface area contributed by atoms with Crippen LogP contribution in [0.15, 0.2) is 18.2 Å². The molecular formula is C11H13F3NO. The third-order valence-electron chi connectivity index (χ3n) is 1.83. The molecule has 5 heteroatoms. The van der Waals surface area contributed by atoms with Crippen molar-refractivity contribution in [1.29, 1.82) is 0 Å². The molecule has 89 valence electrons. The highest BCUT2D eigenvalue weighted by Crippen LogP contribution is 2.37. The van der Waals surface area contributed by atoms with Gasteiger partial charge in [-0.2, -0.15) is 13.2 Å². The van der Waals surface area contributed by atoms with Gasteiger partial charge in [0.2, 0.25) is 0 Å². The Labute approximate surface area is 92.2 Å². The first kappa shape index (κ1) is 12.7. The van der Waals surface area contributed by atoms with Gasteiger partial charge >= 0.3 is 6.18 Å². The van der Waals surface area contributed by atoms with Crippen LogP contribution in [0, 0.1) is 5.92 Å². The molecule has 16 heavy (non-hydrogen) atoms. The summed E-state index contributed by atoms with van der Waals surface area (Å²) in [5.74, 6) is 0.702. The van der Waals surface area contributed by atoms with Gasteiger partial charge in [0, 0.05) is 11.6 Å². The predicted molar refractivity (Wildman–Crippen MR) is 55.9 cm³/mol. The zero-order valence-electron chi connectivity index (χ0n) is 9.06. The van der Waals surface area contributed by atoms with Crippen LogP contribution in [-0.4, -0.2) is 6.61 Å². The van der Waals surface area contributed by atoms with E-state index in [1.807, 2.05) is 0 Å². The Bertz CT molecular complexity index is 361. The molecule has 0 fully saturated rings. The van der Waals surface area contributed by atoms with Crippen molar-refractivity contribution in [2.24, 2.45) is 0 Å². The van der Waals surface area contributed by atoms with E-state index in [4.69, 9.17) is 10.5 Å². The molecule has 0 aliphatic heterocycles. The van der Waals surface area contributed by atoms with Crippen LogP contribution in [0.1, 0.15) is 19.4 Å². The number of nitrogens with two attached hydrogens (primary N) is 1. The van der Waals surface area contributed by atoms with E-state index in [1.54, 1.807) is 13.8 Å². The topological polar surface area (TPSA) is 35.2 Å². The molecule has 1 aromatic rings. The molecule has 0 bridgehead atoms. The van der Waals surface area contributed by atoms with Gasteiger partial charge in [0.05, 0.1) is 12.2 Å². The van der Waals surface area contributed by atoms with E-state index in [1.165, 1.54) is 12.1 Å². The molecule has 1 radical (unpaired) electrons. The second-order valence-electron chi connectivity index (χ2n) is 3.75. The second kappa shape index (κ2) is 4.63. The van der Waals surface area contributed by atoms with Crippen molar-refractivity contribution < 1.29 is 17.9 Å². The first-order valence-electron chi connectivity index (χ1n) is 4.69. The number of hydrogen-bond acceptors (Lipinski definition) is 2. The monoisotopic (exact) mass is 232 g/mol. The fourth-order valence-electron chi connectivity index (χ4n) is 1.12. The van der Waals surface area contributed by atoms with Crippen LogP contribution in [0.2, 0.25) is 0 Å². The molecule has 2 N–H and O–H groups in total. The third-order valence-corrected chi connectivity index (χ3v) is 1.83. The lowest BCUT2D eigenvalue weighted by Gasteiger charge is -2.15. The van der Waals surface area contributed by atoms with Crippen molar-refractivity contribution in [3.8, 4) is 5.75 Å². The van der Waals surface area contributed by atoms with E-state index >= 15 is 0 Å². The third kappa shape index (κ3) is 3.32. The van der Waals surface area contributed by atoms with Gasteiger partial charge in [-0.05, 0) is 18.2 Å². The number of benzene rings is 1. The van der Waals surface area contributed by atoms with Gasteiger partial charge in [-0.3, -0.25) is 0 Å². The first-order chi connectivity index (χ1) is 7.30. The Balaban J connectivity index is 2.99. The maximum Gasteiger partial charge on any atom is 0.420 e. The number of rotatable bonds is 3. The van der Waals surface area contributed by atoms with Gasteiger partial charge in [0.25, 0.3) is 0 Å². The molecule has 1 aromatic carbocycles. The summed E-state index contributed by atoms with van der Waals surface area (Å²) in [6.45, 7) is 3.72. The zero-order chi connectivity index (χ0) is 12.3. The lowest BCUT2D eigenvalue weighted by atomic mass is 10.1. The van der Waals surface area contributed by atoms with Crippen LogP contribution >= 0.6 is 0 Å². The summed E-state index contributed by atoms with van der Waals surface area (Å²) in [7, 11) is 0. The van der Waals surface area contributed by atoms with E-state index in [0.29, 0.717) is 0 Å². The molecular weight excluding hydrogens is 219 g/mol. The minimum absolute atomic E-state index is 0.0666. The summed E-state index contributed by atoms with van der Waals surface area (Å²) < 4.78 is 42.9. The lowest BCUT2D eigenvalue weighted by molar-refractivity contribution is -0.138. The zero-order valence-corrected chi connectivity index (χ0v) is 9.06. The number of anilines is 1. The Hall–Kier alpha value is -1.39. The number of ether oxygens (including phenoxy) is 1. The molecule has 0 saturated carbocycles. The Morgan fingerprint density at radius 1 is 1.31 bits per heavy atom. The quantitative estimate of drug-likeness (QED) is 0.811. The molecule has 0 aliphatic carbocycles. The van der Waals surface area contributed by atoms with Crippen molar-refractivity contribution in [1.82, 2.24) is 0 Å². The molecule has 0 aromatic heterocycles. The summed E-state index contributed by atoms with van der Waals surface area (Å²) >= 11 is 0. The summed E-state index contributed by atoms with van der Waals surface area (Å²) in [5, 5.41) is 0. The average molecular weight is 232 g/mol. The molecule has 0 heterocycles. The largest absolute Gasteiger partial charge is 0.492 e. The summed E-state index contributed by atoms with van der Waals surface area (Å²) in [6.07, 6.45) is -4.45. The molecule has 0 unspecified atom stereocenters. The van der Waals surface area contributed by atoms with E-state index in [-0.39, 0.29) is 18.0 Å². The van der Waals surface area contributed by atoms with Crippen LogP contribution in [0.25, 0.3) is 0 Å². The van der Waals surface area contributed by atoms with E-state index in [9.17, 15) is 13.2 Å². The van der Waals surface area contributed by atoms with Gasteiger partial charge in [-0.1, -0.05) is 13.8 Å². The lowest BCUT2D eigenvalue weighted by Crippen LogP contribution is -2.11. The van der Waals surface area contributed by atoms with E-state index < -0.39 is 11.7 Å². The van der Waals surface area contributed by atoms with Crippen LogP contribution in [0.3, 0.4) is 0 Å². The van der Waals surface area contributed by atoms with Gasteiger partial charge in [-0.15, -0.1) is 0 Å². The smallest absolute Gasteiger partial charge is 0.420 e. The summed E-state index contributed by atoms with van der Waals surface area (Å²) in [6, 6.07) is 3.50. The molecule has 0 aliphatic rings. The number of halogens is 3. The first-order valence-corrected chi connectivity index (χ1v) is 4.69. The van der Waals surface area contributed by atoms with Crippen LogP contribution in [-0.2, 0) is 6.18 Å². The normalized spacial score (nSPS) is 11.9. The van der Waals surface area contributed by atoms with E-state index in [0.717, 1.165) is 12.0 Å². The molecule has 0 spiro atoms. The van der Waals surface area contributed by atoms with Gasteiger partial charge in [0.1, 0.15) is 5.75 Å². The van der Waals surface area contributed by atoms with Crippen molar-refractivity contribution in [2.45, 2.75) is 20.0 Å². The fourth-order valence-corrected chi connectivity index (χ4v) is 1.12. The van der Waals surface area contributed by atoms with Crippen molar-refractivity contribution in [3.05, 3.63) is 29.7 Å². The van der Waals surface area contributed by atoms with Gasteiger partial charge in [-0.25, -0.2) is 0 Å². The Morgan fingerprint density at radius 3 is 2.44 bits per heavy atom. The minimum Gasteiger partial charge on any atom is -0.492 e. The summed E-state index contributed by atoms with van der Waals surface area (Å²) in [5.41, 5.74) is 4.55. The van der Waals surface area contributed by atoms with Crippen molar-refractivity contribution in [3.63, 3.8) is 0 Å². The standard InChI is InChI=1S/C11H13F3NO/c1-7(2)6-16-10-4-3-8(15)5-9(10)11(12,13)14/h3-5H,6,15H2,1-2H3. The van der Waals surface area contributed by atoms with Crippen LogP contribution in [0.4, 0.5) is 18.9 Å². The molecule has 0 amide bonds. The van der Waals surface area contributed by atoms with Crippen LogP contribution in [0.5, 0.6) is 5.75 Å². The Morgan fingerprint density at radius 2 is 1.94 bits per heavy atom. The Kier molecular flexibility index (Phi) is 3.67.